The summed E-state index contributed by atoms with van der Waals surface area (Å²) in [5.74, 6) is 0.845. The molecule has 0 spiro atoms. The largest absolute Gasteiger partial charge is 0.439 e. The summed E-state index contributed by atoms with van der Waals surface area (Å²) in [6.07, 6.45) is 1.47. The fourth-order valence-electron chi connectivity index (χ4n) is 2.33. The molecule has 0 unspecified atom stereocenters. The summed E-state index contributed by atoms with van der Waals surface area (Å²) in [6, 6.07) is 18.7. The van der Waals surface area contributed by atoms with E-state index in [1.54, 1.807) is 30.3 Å². The van der Waals surface area contributed by atoms with Gasteiger partial charge in [-0.1, -0.05) is 36.4 Å². The molecule has 1 N–H and O–H groups in total. The molecule has 0 radical (unpaired) electrons. The molecule has 1 amide bonds. The van der Waals surface area contributed by atoms with Crippen molar-refractivity contribution in [2.24, 2.45) is 0 Å². The monoisotopic (exact) mass is 333 g/mol. The molecule has 126 valence electrons. The van der Waals surface area contributed by atoms with Gasteiger partial charge in [0.1, 0.15) is 12.1 Å². The number of carbonyl (C=O) groups excluding carboxylic acids is 1. The predicted octanol–water partition coefficient (Wildman–Crippen LogP) is 4.07. The summed E-state index contributed by atoms with van der Waals surface area (Å²) in [5, 5.41) is 2.86. The van der Waals surface area contributed by atoms with Crippen molar-refractivity contribution in [2.75, 3.05) is 0 Å². The van der Waals surface area contributed by atoms with Gasteiger partial charge in [-0.25, -0.2) is 9.97 Å². The molecule has 0 bridgehead atoms. The van der Waals surface area contributed by atoms with Crippen molar-refractivity contribution in [1.82, 2.24) is 15.3 Å². The van der Waals surface area contributed by atoms with Crippen molar-refractivity contribution in [3.05, 3.63) is 72.6 Å². The molecule has 5 nitrogen and oxygen atoms in total. The van der Waals surface area contributed by atoms with Crippen LogP contribution in [-0.4, -0.2) is 21.9 Å². The molecule has 3 aromatic rings. The molecule has 1 aromatic heterocycles. The van der Waals surface area contributed by atoms with Crippen molar-refractivity contribution in [3.8, 4) is 22.9 Å². The SMILES string of the molecule is CC(C)NC(=O)c1cccc(Oc2cc(-c3ccccc3)ncn2)c1. The molecule has 0 saturated carbocycles. The van der Waals surface area contributed by atoms with Crippen LogP contribution in [0.15, 0.2) is 67.0 Å². The lowest BCUT2D eigenvalue weighted by atomic mass is 10.1. The Morgan fingerprint density at radius 3 is 2.56 bits per heavy atom. The highest BCUT2D eigenvalue weighted by Crippen LogP contribution is 2.24. The van der Waals surface area contributed by atoms with Crippen LogP contribution in [0.3, 0.4) is 0 Å². The molecule has 1 heterocycles. The van der Waals surface area contributed by atoms with Crippen LogP contribution in [0.1, 0.15) is 24.2 Å². The van der Waals surface area contributed by atoms with Gasteiger partial charge in [-0.05, 0) is 32.0 Å². The average Bonchev–Trinajstić information content (AvgIpc) is 2.62. The van der Waals surface area contributed by atoms with E-state index in [9.17, 15) is 4.79 Å². The van der Waals surface area contributed by atoms with Crippen LogP contribution < -0.4 is 10.1 Å². The average molecular weight is 333 g/mol. The van der Waals surface area contributed by atoms with Crippen molar-refractivity contribution in [2.45, 2.75) is 19.9 Å². The van der Waals surface area contributed by atoms with Gasteiger partial charge in [0.05, 0.1) is 5.69 Å². The standard InChI is InChI=1S/C20H19N3O2/c1-14(2)23-20(24)16-9-6-10-17(11-16)25-19-12-18(21-13-22-19)15-7-4-3-5-8-15/h3-14H,1-2H3,(H,23,24). The summed E-state index contributed by atoms with van der Waals surface area (Å²) >= 11 is 0. The molecule has 0 atom stereocenters. The summed E-state index contributed by atoms with van der Waals surface area (Å²) < 4.78 is 5.81. The zero-order valence-electron chi connectivity index (χ0n) is 14.1. The topological polar surface area (TPSA) is 64.1 Å². The fourth-order valence-corrected chi connectivity index (χ4v) is 2.33. The summed E-state index contributed by atoms with van der Waals surface area (Å²) in [5.41, 5.74) is 2.31. The van der Waals surface area contributed by atoms with Gasteiger partial charge < -0.3 is 10.1 Å². The molecule has 0 fully saturated rings. The second-order valence-corrected chi connectivity index (χ2v) is 5.87. The van der Waals surface area contributed by atoms with Crippen LogP contribution in [-0.2, 0) is 0 Å². The smallest absolute Gasteiger partial charge is 0.251 e. The number of nitrogens with one attached hydrogen (secondary N) is 1. The van der Waals surface area contributed by atoms with E-state index in [4.69, 9.17) is 4.74 Å². The quantitative estimate of drug-likeness (QED) is 0.764. The number of benzene rings is 2. The third-order valence-corrected chi connectivity index (χ3v) is 3.45. The molecular weight excluding hydrogens is 314 g/mol. The Hall–Kier alpha value is -3.21. The van der Waals surface area contributed by atoms with Crippen LogP contribution in [0.4, 0.5) is 0 Å². The van der Waals surface area contributed by atoms with Gasteiger partial charge in [0.2, 0.25) is 5.88 Å². The summed E-state index contributed by atoms with van der Waals surface area (Å²) in [7, 11) is 0. The van der Waals surface area contributed by atoms with Crippen molar-refractivity contribution in [1.29, 1.82) is 0 Å². The van der Waals surface area contributed by atoms with Gasteiger partial charge in [-0.15, -0.1) is 0 Å². The number of nitrogens with zero attached hydrogens (tertiary/aromatic N) is 2. The number of hydrogen-bond acceptors (Lipinski definition) is 4. The number of aromatic nitrogens is 2. The van der Waals surface area contributed by atoms with Crippen LogP contribution in [0.2, 0.25) is 0 Å². The molecule has 0 aliphatic carbocycles. The first-order chi connectivity index (χ1) is 12.1. The molecular formula is C20H19N3O2. The number of carbonyl (C=O) groups is 1. The van der Waals surface area contributed by atoms with Crippen molar-refractivity contribution in [3.63, 3.8) is 0 Å². The van der Waals surface area contributed by atoms with Crippen LogP contribution >= 0.6 is 0 Å². The Morgan fingerprint density at radius 2 is 1.80 bits per heavy atom. The summed E-state index contributed by atoms with van der Waals surface area (Å²) in [4.78, 5) is 20.5. The van der Waals surface area contributed by atoms with E-state index >= 15 is 0 Å². The van der Waals surface area contributed by atoms with Gasteiger partial charge in [0.15, 0.2) is 0 Å². The van der Waals surface area contributed by atoms with E-state index in [-0.39, 0.29) is 11.9 Å². The lowest BCUT2D eigenvalue weighted by Crippen LogP contribution is -2.29. The highest BCUT2D eigenvalue weighted by atomic mass is 16.5. The molecule has 0 aliphatic heterocycles. The summed E-state index contributed by atoms with van der Waals surface area (Å²) in [6.45, 7) is 3.84. The van der Waals surface area contributed by atoms with Crippen LogP contribution in [0, 0.1) is 0 Å². The first-order valence-corrected chi connectivity index (χ1v) is 8.08. The second-order valence-electron chi connectivity index (χ2n) is 5.87. The van der Waals surface area contributed by atoms with E-state index < -0.39 is 0 Å². The lowest BCUT2D eigenvalue weighted by Gasteiger charge is -2.10. The third kappa shape index (κ3) is 4.41. The maximum Gasteiger partial charge on any atom is 0.251 e. The molecule has 0 aliphatic rings. The van der Waals surface area contributed by atoms with Crippen LogP contribution in [0.5, 0.6) is 11.6 Å². The van der Waals surface area contributed by atoms with E-state index in [2.05, 4.69) is 15.3 Å². The maximum absolute atomic E-state index is 12.1. The lowest BCUT2D eigenvalue weighted by molar-refractivity contribution is 0.0943. The minimum Gasteiger partial charge on any atom is -0.439 e. The normalized spacial score (nSPS) is 10.5. The zero-order valence-corrected chi connectivity index (χ0v) is 14.1. The van der Waals surface area contributed by atoms with E-state index in [0.29, 0.717) is 17.2 Å². The van der Waals surface area contributed by atoms with E-state index in [1.807, 2.05) is 44.2 Å². The van der Waals surface area contributed by atoms with E-state index in [1.165, 1.54) is 6.33 Å². The highest BCUT2D eigenvalue weighted by Gasteiger charge is 2.09. The minimum absolute atomic E-state index is 0.0763. The Kier molecular flexibility index (Phi) is 5.04. The fraction of sp³-hybridized carbons (Fsp3) is 0.150. The minimum atomic E-state index is -0.131. The highest BCUT2D eigenvalue weighted by molar-refractivity contribution is 5.94. The van der Waals surface area contributed by atoms with Gasteiger partial charge in [0, 0.05) is 23.2 Å². The number of rotatable bonds is 5. The number of ether oxygens (including phenoxy) is 1. The third-order valence-electron chi connectivity index (χ3n) is 3.45. The Morgan fingerprint density at radius 1 is 1.00 bits per heavy atom. The zero-order chi connectivity index (χ0) is 17.6. The first-order valence-electron chi connectivity index (χ1n) is 8.08. The first kappa shape index (κ1) is 16.6. The number of hydrogen-bond donors (Lipinski definition) is 1. The van der Waals surface area contributed by atoms with Crippen molar-refractivity contribution < 1.29 is 9.53 Å². The Bertz CT molecular complexity index is 864. The van der Waals surface area contributed by atoms with Crippen molar-refractivity contribution >= 4 is 5.91 Å². The van der Waals surface area contributed by atoms with E-state index in [0.717, 1.165) is 11.3 Å². The second kappa shape index (κ2) is 7.57. The molecule has 25 heavy (non-hydrogen) atoms. The molecule has 5 heteroatoms. The van der Waals surface area contributed by atoms with Gasteiger partial charge in [0.25, 0.3) is 5.91 Å². The van der Waals surface area contributed by atoms with Gasteiger partial charge in [-0.3, -0.25) is 4.79 Å². The van der Waals surface area contributed by atoms with Gasteiger partial charge >= 0.3 is 0 Å². The molecule has 0 saturated heterocycles. The predicted molar refractivity (Wildman–Crippen MR) is 96.6 cm³/mol. The molecule has 2 aromatic carbocycles. The number of amides is 1. The van der Waals surface area contributed by atoms with Crippen LogP contribution in [0.25, 0.3) is 11.3 Å². The Labute approximate surface area is 146 Å². The maximum atomic E-state index is 12.1. The molecule has 3 rings (SSSR count). The Balaban J connectivity index is 1.80. The van der Waals surface area contributed by atoms with Gasteiger partial charge in [-0.2, -0.15) is 0 Å².